The van der Waals surface area contributed by atoms with Crippen molar-refractivity contribution >= 4 is 27.7 Å². The first-order chi connectivity index (χ1) is 11.6. The molecular formula is C19H19BrN2O2. The molecule has 1 atom stereocenters. The van der Waals surface area contributed by atoms with Crippen molar-refractivity contribution < 1.29 is 9.59 Å². The number of nitrogens with one attached hydrogen (secondary N) is 1. The minimum atomic E-state index is -0.218. The summed E-state index contributed by atoms with van der Waals surface area (Å²) in [6, 6.07) is 16.8. The fraction of sp³-hybridized carbons (Fsp3) is 0.263. The molecule has 124 valence electrons. The maximum atomic E-state index is 12.6. The van der Waals surface area contributed by atoms with Crippen LogP contribution < -0.4 is 5.32 Å². The monoisotopic (exact) mass is 386 g/mol. The molecule has 1 N–H and O–H groups in total. The Morgan fingerprint density at radius 2 is 1.83 bits per heavy atom. The van der Waals surface area contributed by atoms with Crippen molar-refractivity contribution in [3.63, 3.8) is 0 Å². The summed E-state index contributed by atoms with van der Waals surface area (Å²) < 4.78 is 0.932. The van der Waals surface area contributed by atoms with Gasteiger partial charge < -0.3 is 10.2 Å². The highest BCUT2D eigenvalue weighted by atomic mass is 79.9. The summed E-state index contributed by atoms with van der Waals surface area (Å²) in [6.07, 6.45) is 1.49. The molecule has 0 saturated carbocycles. The number of carbonyl (C=O) groups is 2. The van der Waals surface area contributed by atoms with E-state index < -0.39 is 0 Å². The van der Waals surface area contributed by atoms with Gasteiger partial charge in [0.05, 0.1) is 6.04 Å². The number of halogens is 1. The van der Waals surface area contributed by atoms with Crippen LogP contribution in [0.25, 0.3) is 0 Å². The van der Waals surface area contributed by atoms with Gasteiger partial charge in [-0.05, 0) is 36.2 Å². The van der Waals surface area contributed by atoms with Crippen LogP contribution in [-0.4, -0.2) is 29.8 Å². The molecule has 0 radical (unpaired) electrons. The molecule has 0 aromatic heterocycles. The largest absolute Gasteiger partial charge is 0.343 e. The van der Waals surface area contributed by atoms with Crippen LogP contribution in [0.2, 0.25) is 0 Å². The number of nitrogens with zero attached hydrogens (tertiary/aromatic N) is 1. The molecule has 2 aromatic carbocycles. The smallest absolute Gasteiger partial charge is 0.251 e. The number of benzene rings is 2. The number of hydrogen-bond acceptors (Lipinski definition) is 2. The molecule has 3 rings (SSSR count). The Hall–Kier alpha value is -2.14. The van der Waals surface area contributed by atoms with E-state index in [1.54, 1.807) is 12.1 Å². The predicted octanol–water partition coefficient (Wildman–Crippen LogP) is 3.54. The average molecular weight is 387 g/mol. The minimum Gasteiger partial charge on any atom is -0.343 e. The van der Waals surface area contributed by atoms with Gasteiger partial charge in [0.25, 0.3) is 5.91 Å². The maximum absolute atomic E-state index is 12.6. The predicted molar refractivity (Wildman–Crippen MR) is 96.6 cm³/mol. The molecule has 2 aromatic rings. The molecule has 1 aliphatic heterocycles. The molecule has 1 aliphatic rings. The van der Waals surface area contributed by atoms with E-state index in [1.165, 1.54) is 0 Å². The van der Waals surface area contributed by atoms with Crippen LogP contribution in [0.3, 0.4) is 0 Å². The van der Waals surface area contributed by atoms with Crippen molar-refractivity contribution in [3.8, 4) is 0 Å². The fourth-order valence-electron chi connectivity index (χ4n) is 2.88. The first-order valence-electron chi connectivity index (χ1n) is 8.02. The quantitative estimate of drug-likeness (QED) is 0.853. The van der Waals surface area contributed by atoms with Crippen LogP contribution in [-0.2, 0) is 4.79 Å². The van der Waals surface area contributed by atoms with E-state index >= 15 is 0 Å². The summed E-state index contributed by atoms with van der Waals surface area (Å²) in [5.41, 5.74) is 1.61. The Morgan fingerprint density at radius 1 is 1.12 bits per heavy atom. The molecule has 24 heavy (non-hydrogen) atoms. The van der Waals surface area contributed by atoms with Crippen molar-refractivity contribution in [2.45, 2.75) is 18.9 Å². The summed E-state index contributed by atoms with van der Waals surface area (Å²) in [5.74, 6) is 0.0248. The van der Waals surface area contributed by atoms with E-state index in [-0.39, 0.29) is 17.9 Å². The van der Waals surface area contributed by atoms with Crippen molar-refractivity contribution in [2.75, 3.05) is 13.1 Å². The lowest BCUT2D eigenvalue weighted by molar-refractivity contribution is -0.128. The maximum Gasteiger partial charge on any atom is 0.251 e. The second-order valence-electron chi connectivity index (χ2n) is 5.89. The number of hydrogen-bond donors (Lipinski definition) is 1. The first-order valence-corrected chi connectivity index (χ1v) is 8.82. The second-order valence-corrected chi connectivity index (χ2v) is 6.80. The lowest BCUT2D eigenvalue weighted by Gasteiger charge is -2.25. The molecule has 2 amide bonds. The highest BCUT2D eigenvalue weighted by Gasteiger charge is 2.25. The van der Waals surface area contributed by atoms with E-state index in [9.17, 15) is 9.59 Å². The summed E-state index contributed by atoms with van der Waals surface area (Å²) >= 11 is 3.37. The molecule has 1 heterocycles. The average Bonchev–Trinajstić information content (AvgIpc) is 3.00. The zero-order valence-corrected chi connectivity index (χ0v) is 14.8. The Labute approximate surface area is 150 Å². The van der Waals surface area contributed by atoms with Gasteiger partial charge in [-0.2, -0.15) is 0 Å². The summed E-state index contributed by atoms with van der Waals surface area (Å²) in [5, 5.41) is 3.07. The van der Waals surface area contributed by atoms with Crippen molar-refractivity contribution in [1.82, 2.24) is 10.2 Å². The molecule has 0 bridgehead atoms. The highest BCUT2D eigenvalue weighted by Crippen LogP contribution is 2.19. The van der Waals surface area contributed by atoms with Gasteiger partial charge in [0.2, 0.25) is 5.91 Å². The van der Waals surface area contributed by atoms with Crippen molar-refractivity contribution in [1.29, 1.82) is 0 Å². The van der Waals surface area contributed by atoms with E-state index in [4.69, 9.17) is 0 Å². The first kappa shape index (κ1) is 16.7. The molecule has 0 aliphatic carbocycles. The van der Waals surface area contributed by atoms with Gasteiger partial charge in [-0.3, -0.25) is 9.59 Å². The zero-order valence-electron chi connectivity index (χ0n) is 13.2. The molecule has 4 nitrogen and oxygen atoms in total. The van der Waals surface area contributed by atoms with Crippen LogP contribution in [0.4, 0.5) is 0 Å². The Morgan fingerprint density at radius 3 is 2.46 bits per heavy atom. The molecule has 1 fully saturated rings. The number of amides is 2. The summed E-state index contributed by atoms with van der Waals surface area (Å²) in [6.45, 7) is 1.27. The second kappa shape index (κ2) is 7.62. The van der Waals surface area contributed by atoms with E-state index in [1.807, 2.05) is 47.4 Å². The molecule has 1 saturated heterocycles. The van der Waals surface area contributed by atoms with Gasteiger partial charge in [0, 0.05) is 29.5 Å². The number of likely N-dealkylation sites (tertiary alicyclic amines) is 1. The molecular weight excluding hydrogens is 368 g/mol. The topological polar surface area (TPSA) is 49.4 Å². The van der Waals surface area contributed by atoms with Crippen LogP contribution >= 0.6 is 15.9 Å². The van der Waals surface area contributed by atoms with Gasteiger partial charge in [-0.25, -0.2) is 0 Å². The van der Waals surface area contributed by atoms with E-state index in [0.29, 0.717) is 18.5 Å². The van der Waals surface area contributed by atoms with Crippen LogP contribution in [0.15, 0.2) is 59.1 Å². The van der Waals surface area contributed by atoms with Gasteiger partial charge in [-0.1, -0.05) is 46.3 Å². The van der Waals surface area contributed by atoms with Gasteiger partial charge >= 0.3 is 0 Å². The van der Waals surface area contributed by atoms with Crippen LogP contribution in [0.1, 0.15) is 34.8 Å². The number of carbonyl (C=O) groups excluding carboxylic acids is 2. The Kier molecular flexibility index (Phi) is 5.30. The van der Waals surface area contributed by atoms with E-state index in [2.05, 4.69) is 21.2 Å². The van der Waals surface area contributed by atoms with Gasteiger partial charge in [-0.15, -0.1) is 0 Å². The summed E-state index contributed by atoms with van der Waals surface area (Å²) in [4.78, 5) is 26.3. The van der Waals surface area contributed by atoms with Crippen molar-refractivity contribution in [3.05, 3.63) is 70.2 Å². The summed E-state index contributed by atoms with van der Waals surface area (Å²) in [7, 11) is 0. The van der Waals surface area contributed by atoms with Gasteiger partial charge in [0.1, 0.15) is 0 Å². The third-order valence-corrected chi connectivity index (χ3v) is 4.72. The standard InChI is InChI=1S/C19H19BrN2O2/c20-16-10-8-15(9-11-16)19(24)21-17(14-5-2-1-3-6-14)13-22-12-4-7-18(22)23/h1-3,5-6,8-11,17H,4,7,12-13H2,(H,21,24)/t17-/m0/s1. The lowest BCUT2D eigenvalue weighted by Crippen LogP contribution is -2.38. The Bertz CT molecular complexity index is 716. The van der Waals surface area contributed by atoms with Gasteiger partial charge in [0.15, 0.2) is 0 Å². The Balaban J connectivity index is 1.77. The van der Waals surface area contributed by atoms with E-state index in [0.717, 1.165) is 23.0 Å². The SMILES string of the molecule is O=C(N[C@@H](CN1CCCC1=O)c1ccccc1)c1ccc(Br)cc1. The third-order valence-electron chi connectivity index (χ3n) is 4.19. The minimum absolute atomic E-state index is 0.136. The third kappa shape index (κ3) is 4.03. The normalized spacial score (nSPS) is 15.4. The highest BCUT2D eigenvalue weighted by molar-refractivity contribution is 9.10. The van der Waals surface area contributed by atoms with Crippen molar-refractivity contribution in [2.24, 2.45) is 0 Å². The fourth-order valence-corrected chi connectivity index (χ4v) is 3.14. The molecule has 5 heteroatoms. The molecule has 0 unspecified atom stereocenters. The number of rotatable bonds is 5. The van der Waals surface area contributed by atoms with Crippen LogP contribution in [0, 0.1) is 0 Å². The van der Waals surface area contributed by atoms with Crippen LogP contribution in [0.5, 0.6) is 0 Å². The lowest BCUT2D eigenvalue weighted by atomic mass is 10.1. The zero-order chi connectivity index (χ0) is 16.9. The molecule has 0 spiro atoms.